The summed E-state index contributed by atoms with van der Waals surface area (Å²) in [5.74, 6) is 1.48. The first-order valence-electron chi connectivity index (χ1n) is 11.5. The molecule has 3 aromatic carbocycles. The van der Waals surface area contributed by atoms with Crippen LogP contribution in [0.2, 0.25) is 0 Å². The Morgan fingerprint density at radius 3 is 2.47 bits per heavy atom. The molecule has 0 saturated carbocycles. The third-order valence-corrected chi connectivity index (χ3v) is 6.42. The van der Waals surface area contributed by atoms with Gasteiger partial charge >= 0.3 is 0 Å². The number of likely N-dealkylation sites (tertiary alicyclic amines) is 1. The molecule has 32 heavy (non-hydrogen) atoms. The minimum absolute atomic E-state index is 0.0525. The average molecular weight is 429 g/mol. The van der Waals surface area contributed by atoms with E-state index >= 15 is 0 Å². The quantitative estimate of drug-likeness (QED) is 0.516. The average Bonchev–Trinajstić information content (AvgIpc) is 2.85. The van der Waals surface area contributed by atoms with Gasteiger partial charge in [-0.3, -0.25) is 4.79 Å². The summed E-state index contributed by atoms with van der Waals surface area (Å²) in [7, 11) is 1.67. The molecule has 0 aromatic heterocycles. The van der Waals surface area contributed by atoms with Gasteiger partial charge in [-0.05, 0) is 61.2 Å². The van der Waals surface area contributed by atoms with Gasteiger partial charge in [0.25, 0.3) is 0 Å². The van der Waals surface area contributed by atoms with Gasteiger partial charge in [0.1, 0.15) is 5.75 Å². The fraction of sp³-hybridized carbons (Fsp3) is 0.321. The molecule has 4 heteroatoms. The highest BCUT2D eigenvalue weighted by atomic mass is 16.5. The zero-order valence-corrected chi connectivity index (χ0v) is 19.0. The number of amides is 1. The molecular formula is C28H32N2O2. The number of hydrogen-bond acceptors (Lipinski definition) is 3. The molecule has 1 amide bonds. The Morgan fingerprint density at radius 2 is 1.72 bits per heavy atom. The lowest BCUT2D eigenvalue weighted by Crippen LogP contribution is -2.39. The summed E-state index contributed by atoms with van der Waals surface area (Å²) in [6.45, 7) is 5.25. The molecule has 0 spiro atoms. The highest BCUT2D eigenvalue weighted by Crippen LogP contribution is 2.31. The maximum absolute atomic E-state index is 13.1. The largest absolute Gasteiger partial charge is 0.497 e. The first-order chi connectivity index (χ1) is 15.6. The third-order valence-electron chi connectivity index (χ3n) is 6.42. The van der Waals surface area contributed by atoms with Crippen molar-refractivity contribution in [2.45, 2.75) is 25.7 Å². The SMILES string of the molecule is COc1cccc(-c2ccccc2NC(=O)C2CCN(C[C@@H](C)c3ccccc3)CC2)c1. The lowest BCUT2D eigenvalue weighted by Gasteiger charge is -2.33. The van der Waals surface area contributed by atoms with Crippen LogP contribution in [0.4, 0.5) is 5.69 Å². The lowest BCUT2D eigenvalue weighted by atomic mass is 9.93. The number of anilines is 1. The monoisotopic (exact) mass is 428 g/mol. The van der Waals surface area contributed by atoms with E-state index in [4.69, 9.17) is 4.74 Å². The Balaban J connectivity index is 1.36. The standard InChI is InChI=1S/C28H32N2O2/c1-21(22-9-4-3-5-10-22)20-30-17-15-23(16-18-30)28(31)29-27-14-7-6-13-26(27)24-11-8-12-25(19-24)32-2/h3-14,19,21,23H,15-18,20H2,1-2H3,(H,29,31)/t21-/m1/s1. The number of rotatable bonds is 7. The Labute approximate surface area is 191 Å². The molecular weight excluding hydrogens is 396 g/mol. The zero-order chi connectivity index (χ0) is 22.3. The molecule has 0 aliphatic carbocycles. The van der Waals surface area contributed by atoms with E-state index in [2.05, 4.69) is 47.5 Å². The van der Waals surface area contributed by atoms with Gasteiger partial charge in [-0.2, -0.15) is 0 Å². The Hall–Kier alpha value is -3.11. The maximum Gasteiger partial charge on any atom is 0.227 e. The van der Waals surface area contributed by atoms with Crippen molar-refractivity contribution in [1.29, 1.82) is 0 Å². The van der Waals surface area contributed by atoms with Crippen LogP contribution in [0.25, 0.3) is 11.1 Å². The summed E-state index contributed by atoms with van der Waals surface area (Å²) in [6.07, 6.45) is 1.79. The summed E-state index contributed by atoms with van der Waals surface area (Å²) in [5.41, 5.74) is 4.27. The number of ether oxygens (including phenoxy) is 1. The van der Waals surface area contributed by atoms with Crippen molar-refractivity contribution in [2.75, 3.05) is 32.1 Å². The predicted octanol–water partition coefficient (Wildman–Crippen LogP) is 5.82. The van der Waals surface area contributed by atoms with Gasteiger partial charge in [0, 0.05) is 23.7 Å². The zero-order valence-electron chi connectivity index (χ0n) is 19.0. The second-order valence-electron chi connectivity index (χ2n) is 8.65. The van der Waals surface area contributed by atoms with Crippen molar-refractivity contribution in [3.05, 3.63) is 84.4 Å². The van der Waals surface area contributed by atoms with Gasteiger partial charge in [0.15, 0.2) is 0 Å². The van der Waals surface area contributed by atoms with E-state index in [1.807, 2.05) is 48.5 Å². The fourth-order valence-electron chi connectivity index (χ4n) is 4.52. The molecule has 1 aliphatic heterocycles. The molecule has 1 atom stereocenters. The highest BCUT2D eigenvalue weighted by Gasteiger charge is 2.26. The third kappa shape index (κ3) is 5.38. The van der Waals surface area contributed by atoms with Gasteiger partial charge in [-0.15, -0.1) is 0 Å². The fourth-order valence-corrected chi connectivity index (χ4v) is 4.52. The summed E-state index contributed by atoms with van der Waals surface area (Å²) >= 11 is 0. The van der Waals surface area contributed by atoms with Gasteiger partial charge in [0.05, 0.1) is 7.11 Å². The van der Waals surface area contributed by atoms with Crippen LogP contribution >= 0.6 is 0 Å². The normalized spacial score (nSPS) is 15.8. The summed E-state index contributed by atoms with van der Waals surface area (Å²) < 4.78 is 5.37. The van der Waals surface area contributed by atoms with Crippen LogP contribution in [0.3, 0.4) is 0 Å². The Kier molecular flexibility index (Phi) is 7.23. The van der Waals surface area contributed by atoms with E-state index in [0.29, 0.717) is 5.92 Å². The molecule has 1 heterocycles. The van der Waals surface area contributed by atoms with Crippen LogP contribution in [0.1, 0.15) is 31.2 Å². The van der Waals surface area contributed by atoms with Gasteiger partial charge in [0.2, 0.25) is 5.91 Å². The number of carbonyl (C=O) groups is 1. The van der Waals surface area contributed by atoms with Crippen molar-refractivity contribution in [3.8, 4) is 16.9 Å². The smallest absolute Gasteiger partial charge is 0.227 e. The summed E-state index contributed by atoms with van der Waals surface area (Å²) in [6, 6.07) is 26.6. The van der Waals surface area contributed by atoms with Crippen molar-refractivity contribution in [1.82, 2.24) is 4.90 Å². The van der Waals surface area contributed by atoms with Crippen LogP contribution in [0, 0.1) is 5.92 Å². The summed E-state index contributed by atoms with van der Waals surface area (Å²) in [4.78, 5) is 15.6. The van der Waals surface area contributed by atoms with Gasteiger partial charge < -0.3 is 15.0 Å². The van der Waals surface area contributed by atoms with Crippen LogP contribution in [0.15, 0.2) is 78.9 Å². The molecule has 4 nitrogen and oxygen atoms in total. The topological polar surface area (TPSA) is 41.6 Å². The number of benzene rings is 3. The second kappa shape index (κ2) is 10.5. The van der Waals surface area contributed by atoms with Crippen molar-refractivity contribution < 1.29 is 9.53 Å². The molecule has 0 bridgehead atoms. The number of piperidine rings is 1. The van der Waals surface area contributed by atoms with E-state index in [1.165, 1.54) is 5.56 Å². The van der Waals surface area contributed by atoms with Crippen molar-refractivity contribution in [3.63, 3.8) is 0 Å². The molecule has 3 aromatic rings. The molecule has 0 radical (unpaired) electrons. The van der Waals surface area contributed by atoms with Gasteiger partial charge in [-0.1, -0.05) is 67.6 Å². The van der Waals surface area contributed by atoms with E-state index in [1.54, 1.807) is 7.11 Å². The van der Waals surface area contributed by atoms with Crippen LogP contribution in [0.5, 0.6) is 5.75 Å². The minimum Gasteiger partial charge on any atom is -0.497 e. The molecule has 0 unspecified atom stereocenters. The van der Waals surface area contributed by atoms with Crippen LogP contribution in [-0.2, 0) is 4.79 Å². The Morgan fingerprint density at radius 1 is 1.00 bits per heavy atom. The molecule has 1 N–H and O–H groups in total. The minimum atomic E-state index is 0.0525. The van der Waals surface area contributed by atoms with E-state index in [-0.39, 0.29) is 11.8 Å². The van der Waals surface area contributed by atoms with E-state index in [0.717, 1.165) is 55.0 Å². The van der Waals surface area contributed by atoms with Crippen LogP contribution in [-0.4, -0.2) is 37.6 Å². The van der Waals surface area contributed by atoms with Crippen molar-refractivity contribution in [2.24, 2.45) is 5.92 Å². The maximum atomic E-state index is 13.1. The van der Waals surface area contributed by atoms with Crippen LogP contribution < -0.4 is 10.1 Å². The molecule has 1 aliphatic rings. The second-order valence-corrected chi connectivity index (χ2v) is 8.65. The highest BCUT2D eigenvalue weighted by molar-refractivity contribution is 5.96. The number of para-hydroxylation sites is 1. The predicted molar refractivity (Wildman–Crippen MR) is 131 cm³/mol. The molecule has 4 rings (SSSR count). The van der Waals surface area contributed by atoms with Crippen molar-refractivity contribution >= 4 is 11.6 Å². The number of nitrogens with one attached hydrogen (secondary N) is 1. The number of methoxy groups -OCH3 is 1. The van der Waals surface area contributed by atoms with E-state index in [9.17, 15) is 4.79 Å². The number of carbonyl (C=O) groups excluding carboxylic acids is 1. The lowest BCUT2D eigenvalue weighted by molar-refractivity contribution is -0.121. The first-order valence-corrected chi connectivity index (χ1v) is 11.5. The molecule has 166 valence electrons. The Bertz CT molecular complexity index is 1030. The number of hydrogen-bond donors (Lipinski definition) is 1. The van der Waals surface area contributed by atoms with E-state index < -0.39 is 0 Å². The van der Waals surface area contributed by atoms with Gasteiger partial charge in [-0.25, -0.2) is 0 Å². The molecule has 1 fully saturated rings. The first kappa shape index (κ1) is 22.1. The summed E-state index contributed by atoms with van der Waals surface area (Å²) in [5, 5.41) is 3.20. The number of nitrogens with zero attached hydrogens (tertiary/aromatic N) is 1. The molecule has 1 saturated heterocycles.